The summed E-state index contributed by atoms with van der Waals surface area (Å²) in [4.78, 5) is 16.1. The molecule has 2 rings (SSSR count). The zero-order chi connectivity index (χ0) is 13.1. The number of halogens is 1. The Labute approximate surface area is 112 Å². The van der Waals surface area contributed by atoms with Gasteiger partial charge in [-0.05, 0) is 39.5 Å². The molecule has 1 heterocycles. The van der Waals surface area contributed by atoms with Gasteiger partial charge in [-0.1, -0.05) is 11.2 Å². The molecule has 0 spiro atoms. The van der Waals surface area contributed by atoms with Gasteiger partial charge in [-0.3, -0.25) is 4.79 Å². The minimum absolute atomic E-state index is 0.0000869. The van der Waals surface area contributed by atoms with Crippen molar-refractivity contribution in [1.29, 1.82) is 0 Å². The predicted molar refractivity (Wildman–Crippen MR) is 70.3 cm³/mol. The largest absolute Gasteiger partial charge is 0.506 e. The normalized spacial score (nSPS) is 18.8. The van der Waals surface area contributed by atoms with Crippen LogP contribution in [-0.4, -0.2) is 24.1 Å². The number of aromatic hydroxyl groups is 1. The average molecular weight is 311 g/mol. The molecule has 0 bridgehead atoms. The molecular formula is C11H11BrN4O2. The van der Waals surface area contributed by atoms with E-state index in [0.717, 1.165) is 0 Å². The molecule has 0 aliphatic carbocycles. The Kier molecular flexibility index (Phi) is 3.74. The second kappa shape index (κ2) is 5.29. The Bertz CT molecular complexity index is 508. The van der Waals surface area contributed by atoms with Crippen LogP contribution in [0.5, 0.6) is 5.75 Å². The van der Waals surface area contributed by atoms with E-state index in [2.05, 4.69) is 26.0 Å². The van der Waals surface area contributed by atoms with Gasteiger partial charge in [0.25, 0.3) is 0 Å². The second-order valence-corrected chi connectivity index (χ2v) is 4.95. The molecule has 1 unspecified atom stereocenters. The number of hydrogen-bond acceptors (Lipinski definition) is 3. The lowest BCUT2D eigenvalue weighted by Crippen LogP contribution is -2.25. The minimum Gasteiger partial charge on any atom is -0.506 e. The Morgan fingerprint density at radius 3 is 3.06 bits per heavy atom. The molecule has 6 nitrogen and oxygen atoms in total. The molecule has 1 N–H and O–H groups in total. The zero-order valence-corrected chi connectivity index (χ0v) is 11.0. The van der Waals surface area contributed by atoms with Crippen molar-refractivity contribution in [2.75, 3.05) is 18.0 Å². The van der Waals surface area contributed by atoms with Crippen molar-refractivity contribution >= 4 is 27.5 Å². The highest BCUT2D eigenvalue weighted by Crippen LogP contribution is 2.38. The Morgan fingerprint density at radius 1 is 1.61 bits per heavy atom. The van der Waals surface area contributed by atoms with Gasteiger partial charge in [-0.15, -0.1) is 0 Å². The van der Waals surface area contributed by atoms with Gasteiger partial charge in [0, 0.05) is 28.9 Å². The van der Waals surface area contributed by atoms with Crippen LogP contribution < -0.4 is 4.90 Å². The summed E-state index contributed by atoms with van der Waals surface area (Å²) in [5.41, 5.74) is 8.75. The number of anilines is 1. The molecule has 1 aliphatic rings. The van der Waals surface area contributed by atoms with Gasteiger partial charge in [0.1, 0.15) is 11.4 Å². The van der Waals surface area contributed by atoms with Crippen molar-refractivity contribution < 1.29 is 9.90 Å². The lowest BCUT2D eigenvalue weighted by atomic mass is 10.1. The van der Waals surface area contributed by atoms with Crippen LogP contribution in [0, 0.1) is 5.92 Å². The van der Waals surface area contributed by atoms with Gasteiger partial charge < -0.3 is 10.0 Å². The molecule has 0 radical (unpaired) electrons. The summed E-state index contributed by atoms with van der Waals surface area (Å²) >= 11 is 3.32. The summed E-state index contributed by atoms with van der Waals surface area (Å²) in [6.45, 7) is 0.748. The van der Waals surface area contributed by atoms with Gasteiger partial charge in [0.2, 0.25) is 5.91 Å². The summed E-state index contributed by atoms with van der Waals surface area (Å²) in [7, 11) is 0. The molecule has 1 saturated heterocycles. The number of para-hydroxylation sites is 1. The van der Waals surface area contributed by atoms with Crippen LogP contribution in [0.25, 0.3) is 10.4 Å². The number of amides is 1. The number of phenolic OH excluding ortho intramolecular Hbond substituents is 1. The number of carbonyl (C=O) groups excluding carboxylic acids is 1. The summed E-state index contributed by atoms with van der Waals surface area (Å²) in [6, 6.07) is 5.00. The topological polar surface area (TPSA) is 89.3 Å². The third-order valence-corrected chi connectivity index (χ3v) is 3.48. The molecule has 1 aromatic rings. The first-order chi connectivity index (χ1) is 8.63. The lowest BCUT2D eigenvalue weighted by Gasteiger charge is -2.19. The van der Waals surface area contributed by atoms with Crippen molar-refractivity contribution in [3.05, 3.63) is 33.1 Å². The maximum Gasteiger partial charge on any atom is 0.227 e. The third-order valence-electron chi connectivity index (χ3n) is 2.84. The van der Waals surface area contributed by atoms with E-state index in [-0.39, 0.29) is 17.6 Å². The molecule has 1 atom stereocenters. The first-order valence-corrected chi connectivity index (χ1v) is 6.21. The molecular weight excluding hydrogens is 300 g/mol. The van der Waals surface area contributed by atoms with Crippen LogP contribution in [0.2, 0.25) is 0 Å². The van der Waals surface area contributed by atoms with E-state index < -0.39 is 0 Å². The lowest BCUT2D eigenvalue weighted by molar-refractivity contribution is -0.117. The van der Waals surface area contributed by atoms with E-state index >= 15 is 0 Å². The van der Waals surface area contributed by atoms with Crippen molar-refractivity contribution in [3.63, 3.8) is 0 Å². The summed E-state index contributed by atoms with van der Waals surface area (Å²) < 4.78 is 0.667. The maximum absolute atomic E-state index is 11.9. The molecule has 1 aromatic carbocycles. The molecule has 0 aromatic heterocycles. The molecule has 7 heteroatoms. The Balaban J connectivity index is 2.24. The van der Waals surface area contributed by atoms with Gasteiger partial charge in [-0.25, -0.2) is 0 Å². The van der Waals surface area contributed by atoms with Crippen LogP contribution in [0.3, 0.4) is 0 Å². The number of azide groups is 1. The molecule has 1 fully saturated rings. The van der Waals surface area contributed by atoms with Crippen LogP contribution in [0.15, 0.2) is 27.8 Å². The molecule has 1 aliphatic heterocycles. The average Bonchev–Trinajstić information content (AvgIpc) is 2.68. The van der Waals surface area contributed by atoms with E-state index in [1.807, 2.05) is 0 Å². The number of benzene rings is 1. The highest BCUT2D eigenvalue weighted by molar-refractivity contribution is 9.10. The quantitative estimate of drug-likeness (QED) is 0.528. The van der Waals surface area contributed by atoms with Gasteiger partial charge in [0.05, 0.1) is 0 Å². The highest BCUT2D eigenvalue weighted by Gasteiger charge is 2.32. The molecule has 1 amide bonds. The van der Waals surface area contributed by atoms with Gasteiger partial charge >= 0.3 is 0 Å². The second-order valence-electron chi connectivity index (χ2n) is 4.10. The first-order valence-electron chi connectivity index (χ1n) is 5.42. The number of rotatable bonds is 3. The van der Waals surface area contributed by atoms with Crippen molar-refractivity contribution in [2.45, 2.75) is 6.42 Å². The smallest absolute Gasteiger partial charge is 0.227 e. The van der Waals surface area contributed by atoms with Crippen molar-refractivity contribution in [2.24, 2.45) is 11.0 Å². The van der Waals surface area contributed by atoms with E-state index in [9.17, 15) is 9.90 Å². The van der Waals surface area contributed by atoms with Crippen molar-refractivity contribution in [3.8, 4) is 5.75 Å². The maximum atomic E-state index is 11.9. The first kappa shape index (κ1) is 12.7. The number of carbonyl (C=O) groups is 1. The predicted octanol–water partition coefficient (Wildman–Crippen LogP) is 2.82. The van der Waals surface area contributed by atoms with Crippen molar-refractivity contribution in [1.82, 2.24) is 0 Å². The SMILES string of the molecule is [N-]=[N+]=NCC1CC(=O)N(c2c(O)cccc2Br)C1. The molecule has 0 saturated carbocycles. The fraction of sp³-hybridized carbons (Fsp3) is 0.364. The van der Waals surface area contributed by atoms with Crippen LogP contribution in [0.1, 0.15) is 6.42 Å². The summed E-state index contributed by atoms with van der Waals surface area (Å²) in [6.07, 6.45) is 0.333. The standard InChI is InChI=1S/C11H11BrN4O2/c12-8-2-1-3-9(17)11(8)16-6-7(4-10(16)18)5-14-15-13/h1-3,7,17H,4-6H2. The van der Waals surface area contributed by atoms with E-state index in [1.165, 1.54) is 11.0 Å². The van der Waals surface area contributed by atoms with Gasteiger partial charge in [0.15, 0.2) is 0 Å². The minimum atomic E-state index is -0.0738. The van der Waals surface area contributed by atoms with E-state index in [0.29, 0.717) is 29.7 Å². The molecule has 18 heavy (non-hydrogen) atoms. The van der Waals surface area contributed by atoms with Crippen LogP contribution >= 0.6 is 15.9 Å². The Hall–Kier alpha value is -1.72. The number of hydrogen-bond donors (Lipinski definition) is 1. The monoisotopic (exact) mass is 310 g/mol. The van der Waals surface area contributed by atoms with E-state index in [4.69, 9.17) is 5.53 Å². The highest BCUT2D eigenvalue weighted by atomic mass is 79.9. The fourth-order valence-corrected chi connectivity index (χ4v) is 2.61. The van der Waals surface area contributed by atoms with Crippen LogP contribution in [0.4, 0.5) is 5.69 Å². The number of phenols is 1. The molecule has 94 valence electrons. The van der Waals surface area contributed by atoms with E-state index in [1.54, 1.807) is 12.1 Å². The Morgan fingerprint density at radius 2 is 2.39 bits per heavy atom. The third kappa shape index (κ3) is 2.42. The zero-order valence-electron chi connectivity index (χ0n) is 9.45. The summed E-state index contributed by atoms with van der Waals surface area (Å²) in [5.74, 6) is -0.0163. The fourth-order valence-electron chi connectivity index (χ4n) is 2.04. The number of nitrogens with zero attached hydrogens (tertiary/aromatic N) is 4. The van der Waals surface area contributed by atoms with Crippen LogP contribution in [-0.2, 0) is 4.79 Å². The van der Waals surface area contributed by atoms with Gasteiger partial charge in [-0.2, -0.15) is 0 Å². The summed E-state index contributed by atoms with van der Waals surface area (Å²) in [5, 5.41) is 13.3.